The van der Waals surface area contributed by atoms with Gasteiger partial charge in [0.05, 0.1) is 18.1 Å². The van der Waals surface area contributed by atoms with Gasteiger partial charge in [-0.2, -0.15) is 0 Å². The smallest absolute Gasteiger partial charge is 0.325 e. The van der Waals surface area contributed by atoms with Gasteiger partial charge >= 0.3 is 6.03 Å². The Morgan fingerprint density at radius 3 is 2.39 bits per heavy atom. The second kappa shape index (κ2) is 7.54. The van der Waals surface area contributed by atoms with Crippen molar-refractivity contribution in [1.82, 2.24) is 15.5 Å². The first-order chi connectivity index (χ1) is 13.2. The maximum Gasteiger partial charge on any atom is 0.325 e. The van der Waals surface area contributed by atoms with Crippen molar-refractivity contribution in [1.29, 1.82) is 0 Å². The van der Waals surface area contributed by atoms with Crippen molar-refractivity contribution < 1.29 is 22.8 Å². The van der Waals surface area contributed by atoms with Gasteiger partial charge in [0.15, 0.2) is 9.84 Å². The number of carbonyl (C=O) groups excluding carboxylic acids is 3. The van der Waals surface area contributed by atoms with Gasteiger partial charge in [-0.3, -0.25) is 14.5 Å². The Bertz CT molecular complexity index is 881. The maximum atomic E-state index is 12.8. The summed E-state index contributed by atoms with van der Waals surface area (Å²) in [4.78, 5) is 38.4. The van der Waals surface area contributed by atoms with Crippen LogP contribution in [0.1, 0.15) is 49.0 Å². The van der Waals surface area contributed by atoms with Gasteiger partial charge in [0.25, 0.3) is 11.8 Å². The quantitative estimate of drug-likeness (QED) is 0.713. The first-order valence-corrected chi connectivity index (χ1v) is 11.2. The highest BCUT2D eigenvalue weighted by Gasteiger charge is 2.53. The van der Waals surface area contributed by atoms with E-state index in [1.807, 2.05) is 13.8 Å². The van der Waals surface area contributed by atoms with E-state index in [-0.39, 0.29) is 48.7 Å². The van der Waals surface area contributed by atoms with Crippen molar-refractivity contribution in [2.75, 3.05) is 11.5 Å². The lowest BCUT2D eigenvalue weighted by molar-refractivity contribution is -0.132. The Hall–Kier alpha value is -2.42. The van der Waals surface area contributed by atoms with Gasteiger partial charge in [-0.05, 0) is 43.9 Å². The van der Waals surface area contributed by atoms with Crippen LogP contribution in [0.3, 0.4) is 0 Å². The monoisotopic (exact) mass is 407 g/mol. The third-order valence-corrected chi connectivity index (χ3v) is 7.12. The predicted molar refractivity (Wildman–Crippen MR) is 103 cm³/mol. The van der Waals surface area contributed by atoms with E-state index in [9.17, 15) is 22.8 Å². The zero-order valence-electron chi connectivity index (χ0n) is 16.0. The van der Waals surface area contributed by atoms with E-state index in [1.165, 1.54) is 0 Å². The Morgan fingerprint density at radius 2 is 1.82 bits per heavy atom. The van der Waals surface area contributed by atoms with E-state index in [0.717, 1.165) is 11.3 Å². The molecule has 2 saturated heterocycles. The van der Waals surface area contributed by atoms with Crippen molar-refractivity contribution in [3.8, 4) is 0 Å². The normalized spacial score (nSPS) is 21.4. The number of imide groups is 1. The fourth-order valence-corrected chi connectivity index (χ4v) is 4.92. The van der Waals surface area contributed by atoms with Crippen molar-refractivity contribution in [2.24, 2.45) is 0 Å². The third-order valence-electron chi connectivity index (χ3n) is 5.47. The van der Waals surface area contributed by atoms with Crippen molar-refractivity contribution in [3.05, 3.63) is 35.4 Å². The number of carbonyl (C=O) groups is 3. The zero-order chi connectivity index (χ0) is 20.5. The van der Waals surface area contributed by atoms with Crippen LogP contribution in [0.25, 0.3) is 0 Å². The minimum Gasteiger partial charge on any atom is -0.350 e. The van der Waals surface area contributed by atoms with Gasteiger partial charge in [-0.25, -0.2) is 13.2 Å². The molecule has 2 heterocycles. The highest BCUT2D eigenvalue weighted by atomic mass is 32.2. The average molecular weight is 407 g/mol. The number of nitrogens with zero attached hydrogens (tertiary/aromatic N) is 1. The van der Waals surface area contributed by atoms with Crippen LogP contribution >= 0.6 is 0 Å². The SMILES string of the molecule is CC[C@H](C)NC(=O)c1ccc(CN2C(=O)NC3(CCS(=O)(=O)CC3)C2=O)cc1. The Labute approximate surface area is 164 Å². The van der Waals surface area contributed by atoms with Crippen LogP contribution in [0.4, 0.5) is 4.79 Å². The number of amides is 4. The summed E-state index contributed by atoms with van der Waals surface area (Å²) < 4.78 is 23.3. The number of benzene rings is 1. The number of nitrogens with one attached hydrogen (secondary N) is 2. The summed E-state index contributed by atoms with van der Waals surface area (Å²) in [5.41, 5.74) is 0.109. The molecule has 8 nitrogen and oxygen atoms in total. The lowest BCUT2D eigenvalue weighted by Crippen LogP contribution is -2.52. The predicted octanol–water partition coefficient (Wildman–Crippen LogP) is 1.21. The molecule has 4 amide bonds. The van der Waals surface area contributed by atoms with Gasteiger partial charge in [-0.1, -0.05) is 19.1 Å². The molecular formula is C19H25N3O5S. The molecule has 2 fully saturated rings. The minimum atomic E-state index is -3.15. The van der Waals surface area contributed by atoms with Gasteiger partial charge in [-0.15, -0.1) is 0 Å². The lowest BCUT2D eigenvalue weighted by Gasteiger charge is -2.30. The van der Waals surface area contributed by atoms with Crippen LogP contribution in [0.2, 0.25) is 0 Å². The van der Waals surface area contributed by atoms with E-state index in [4.69, 9.17) is 0 Å². The molecule has 3 rings (SSSR count). The van der Waals surface area contributed by atoms with Crippen LogP contribution in [0.5, 0.6) is 0 Å². The number of urea groups is 1. The van der Waals surface area contributed by atoms with E-state index < -0.39 is 21.4 Å². The molecule has 1 spiro atoms. The van der Waals surface area contributed by atoms with Gasteiger partial charge < -0.3 is 10.6 Å². The molecular weight excluding hydrogens is 382 g/mol. The molecule has 9 heteroatoms. The molecule has 0 bridgehead atoms. The van der Waals surface area contributed by atoms with Crippen LogP contribution in [0, 0.1) is 0 Å². The van der Waals surface area contributed by atoms with Crippen molar-refractivity contribution in [2.45, 2.75) is 51.2 Å². The zero-order valence-corrected chi connectivity index (χ0v) is 16.8. The number of hydrogen-bond acceptors (Lipinski definition) is 5. The molecule has 2 aliphatic heterocycles. The molecule has 1 atom stereocenters. The molecule has 1 aromatic carbocycles. The molecule has 0 unspecified atom stereocenters. The van der Waals surface area contributed by atoms with Gasteiger partial charge in [0.2, 0.25) is 0 Å². The molecule has 28 heavy (non-hydrogen) atoms. The lowest BCUT2D eigenvalue weighted by atomic mass is 9.92. The number of hydrogen-bond donors (Lipinski definition) is 2. The number of rotatable bonds is 5. The average Bonchev–Trinajstić information content (AvgIpc) is 2.89. The van der Waals surface area contributed by atoms with E-state index in [2.05, 4.69) is 10.6 Å². The largest absolute Gasteiger partial charge is 0.350 e. The van der Waals surface area contributed by atoms with E-state index in [0.29, 0.717) is 11.1 Å². The van der Waals surface area contributed by atoms with Gasteiger partial charge in [0.1, 0.15) is 5.54 Å². The summed E-state index contributed by atoms with van der Waals surface area (Å²) >= 11 is 0. The first kappa shape index (κ1) is 20.3. The van der Waals surface area contributed by atoms with Crippen LogP contribution < -0.4 is 10.6 Å². The first-order valence-electron chi connectivity index (χ1n) is 9.40. The molecule has 2 aliphatic rings. The van der Waals surface area contributed by atoms with Crippen molar-refractivity contribution >= 4 is 27.7 Å². The highest BCUT2D eigenvalue weighted by Crippen LogP contribution is 2.31. The maximum absolute atomic E-state index is 12.8. The Kier molecular flexibility index (Phi) is 5.47. The summed E-state index contributed by atoms with van der Waals surface area (Å²) in [6, 6.07) is 6.31. The highest BCUT2D eigenvalue weighted by molar-refractivity contribution is 7.91. The summed E-state index contributed by atoms with van der Waals surface area (Å²) in [6.45, 7) is 3.99. The molecule has 0 saturated carbocycles. The number of sulfone groups is 1. The summed E-state index contributed by atoms with van der Waals surface area (Å²) in [6.07, 6.45) is 1.04. The van der Waals surface area contributed by atoms with Gasteiger partial charge in [0, 0.05) is 11.6 Å². The molecule has 1 aromatic rings. The molecule has 0 radical (unpaired) electrons. The van der Waals surface area contributed by atoms with Crippen LogP contribution in [0.15, 0.2) is 24.3 Å². The standard InChI is InChI=1S/C19H25N3O5S/c1-3-13(2)20-16(23)15-6-4-14(5-7-15)12-22-17(24)19(21-18(22)25)8-10-28(26,27)11-9-19/h4-7,13H,3,8-12H2,1-2H3,(H,20,23)(H,21,25)/t13-/m0/s1. The topological polar surface area (TPSA) is 113 Å². The molecule has 0 aliphatic carbocycles. The Morgan fingerprint density at radius 1 is 1.21 bits per heavy atom. The van der Waals surface area contributed by atoms with E-state index >= 15 is 0 Å². The second-order valence-electron chi connectivity index (χ2n) is 7.54. The summed E-state index contributed by atoms with van der Waals surface area (Å²) in [5.74, 6) is -0.760. The fourth-order valence-electron chi connectivity index (χ4n) is 3.40. The Balaban J connectivity index is 1.68. The van der Waals surface area contributed by atoms with Crippen molar-refractivity contribution in [3.63, 3.8) is 0 Å². The molecule has 152 valence electrons. The summed E-state index contributed by atoms with van der Waals surface area (Å²) in [5, 5.41) is 5.57. The fraction of sp³-hybridized carbons (Fsp3) is 0.526. The summed E-state index contributed by atoms with van der Waals surface area (Å²) in [7, 11) is -3.15. The third kappa shape index (κ3) is 4.04. The van der Waals surface area contributed by atoms with Crippen LogP contribution in [-0.2, 0) is 21.2 Å². The minimum absolute atomic E-state index is 0.0758. The molecule has 0 aromatic heterocycles. The molecule has 2 N–H and O–H groups in total. The second-order valence-corrected chi connectivity index (χ2v) is 9.84. The van der Waals surface area contributed by atoms with E-state index in [1.54, 1.807) is 24.3 Å². The van der Waals surface area contributed by atoms with Crippen LogP contribution in [-0.4, -0.2) is 54.2 Å².